The van der Waals surface area contributed by atoms with Crippen LogP contribution in [0.25, 0.3) is 0 Å². The largest absolute Gasteiger partial charge is 0.466 e. The minimum atomic E-state index is 0.00288. The lowest BCUT2D eigenvalue weighted by atomic mass is 10.1. The van der Waals surface area contributed by atoms with E-state index in [1.807, 2.05) is 13.0 Å². The zero-order valence-electron chi connectivity index (χ0n) is 12.5. The van der Waals surface area contributed by atoms with Gasteiger partial charge in [0.2, 0.25) is 0 Å². The Bertz CT molecular complexity index is 418. The van der Waals surface area contributed by atoms with Crippen LogP contribution in [0.4, 0.5) is 0 Å². The molecule has 0 amide bonds. The third-order valence-electron chi connectivity index (χ3n) is 4.01. The summed E-state index contributed by atoms with van der Waals surface area (Å²) < 4.78 is 5.04. The summed E-state index contributed by atoms with van der Waals surface area (Å²) in [6, 6.07) is 10.9. The Labute approximate surface area is 121 Å². The van der Waals surface area contributed by atoms with Crippen molar-refractivity contribution in [1.29, 1.82) is 0 Å². The van der Waals surface area contributed by atoms with Gasteiger partial charge >= 0.3 is 5.97 Å². The van der Waals surface area contributed by atoms with Gasteiger partial charge in [-0.15, -0.1) is 0 Å². The van der Waals surface area contributed by atoms with E-state index < -0.39 is 0 Å². The van der Waals surface area contributed by atoms with E-state index in [1.54, 1.807) is 0 Å². The van der Waals surface area contributed by atoms with Crippen molar-refractivity contribution in [1.82, 2.24) is 5.32 Å². The molecule has 0 spiro atoms. The number of rotatable bonds is 8. The predicted octanol–water partition coefficient (Wildman–Crippen LogP) is 3.32. The zero-order chi connectivity index (χ0) is 14.4. The van der Waals surface area contributed by atoms with Gasteiger partial charge in [-0.05, 0) is 51.1 Å². The van der Waals surface area contributed by atoms with Gasteiger partial charge in [-0.3, -0.25) is 4.79 Å². The Morgan fingerprint density at radius 1 is 1.40 bits per heavy atom. The molecule has 0 radical (unpaired) electrons. The SMILES string of the molecule is CCOC(=O)[C@H]1C[C@H]1CCCN[C@H](C)c1ccccc1. The first kappa shape index (κ1) is 15.0. The van der Waals surface area contributed by atoms with Gasteiger partial charge in [0.1, 0.15) is 0 Å². The fourth-order valence-electron chi connectivity index (χ4n) is 2.65. The molecule has 1 aliphatic rings. The van der Waals surface area contributed by atoms with Crippen molar-refractivity contribution in [3.63, 3.8) is 0 Å². The van der Waals surface area contributed by atoms with Crippen LogP contribution in [0.1, 0.15) is 44.7 Å². The maximum absolute atomic E-state index is 11.5. The van der Waals surface area contributed by atoms with Crippen LogP contribution in [0.3, 0.4) is 0 Å². The molecule has 20 heavy (non-hydrogen) atoms. The number of hydrogen-bond acceptors (Lipinski definition) is 3. The highest BCUT2D eigenvalue weighted by molar-refractivity contribution is 5.75. The summed E-state index contributed by atoms with van der Waals surface area (Å²) >= 11 is 0. The molecule has 1 saturated carbocycles. The van der Waals surface area contributed by atoms with Crippen molar-refractivity contribution in [3.05, 3.63) is 35.9 Å². The number of carbonyl (C=O) groups is 1. The van der Waals surface area contributed by atoms with Crippen LogP contribution in [-0.2, 0) is 9.53 Å². The molecule has 0 heterocycles. The van der Waals surface area contributed by atoms with Gasteiger partial charge in [-0.2, -0.15) is 0 Å². The van der Waals surface area contributed by atoms with Crippen molar-refractivity contribution < 1.29 is 9.53 Å². The summed E-state index contributed by atoms with van der Waals surface area (Å²) in [4.78, 5) is 11.5. The second-order valence-corrected chi connectivity index (χ2v) is 5.58. The van der Waals surface area contributed by atoms with E-state index in [0.717, 1.165) is 25.8 Å². The van der Waals surface area contributed by atoms with Crippen LogP contribution in [0, 0.1) is 11.8 Å². The van der Waals surface area contributed by atoms with Gasteiger partial charge in [0.15, 0.2) is 0 Å². The molecule has 0 unspecified atom stereocenters. The van der Waals surface area contributed by atoms with Crippen molar-refractivity contribution in [2.24, 2.45) is 11.8 Å². The first-order valence-corrected chi connectivity index (χ1v) is 7.67. The monoisotopic (exact) mass is 275 g/mol. The maximum atomic E-state index is 11.5. The maximum Gasteiger partial charge on any atom is 0.309 e. The molecule has 2 rings (SSSR count). The predicted molar refractivity (Wildman–Crippen MR) is 80.3 cm³/mol. The van der Waals surface area contributed by atoms with Gasteiger partial charge in [-0.1, -0.05) is 30.3 Å². The summed E-state index contributed by atoms with van der Waals surface area (Å²) in [6.45, 7) is 5.55. The van der Waals surface area contributed by atoms with E-state index in [0.29, 0.717) is 18.6 Å². The van der Waals surface area contributed by atoms with Crippen LogP contribution < -0.4 is 5.32 Å². The van der Waals surface area contributed by atoms with Crippen molar-refractivity contribution in [2.75, 3.05) is 13.2 Å². The Kier molecular flexibility index (Phi) is 5.60. The molecule has 3 nitrogen and oxygen atoms in total. The van der Waals surface area contributed by atoms with Crippen LogP contribution in [0.5, 0.6) is 0 Å². The Morgan fingerprint density at radius 2 is 2.15 bits per heavy atom. The number of carbonyl (C=O) groups excluding carboxylic acids is 1. The average molecular weight is 275 g/mol. The number of esters is 1. The summed E-state index contributed by atoms with van der Waals surface area (Å²) in [5.74, 6) is 0.743. The van der Waals surface area contributed by atoms with Crippen molar-refractivity contribution >= 4 is 5.97 Å². The number of hydrogen-bond donors (Lipinski definition) is 1. The van der Waals surface area contributed by atoms with E-state index in [2.05, 4.69) is 36.5 Å². The molecule has 3 atom stereocenters. The molecular formula is C17H25NO2. The third kappa shape index (κ3) is 4.34. The standard InChI is InChI=1S/C17H25NO2/c1-3-20-17(19)16-12-15(16)10-7-11-18-13(2)14-8-5-4-6-9-14/h4-6,8-9,13,15-16,18H,3,7,10-12H2,1-2H3/t13-,15-,16+/m1/s1. The minimum Gasteiger partial charge on any atom is -0.466 e. The van der Waals surface area contributed by atoms with E-state index in [9.17, 15) is 4.79 Å². The van der Waals surface area contributed by atoms with Crippen LogP contribution in [0.15, 0.2) is 30.3 Å². The van der Waals surface area contributed by atoms with Gasteiger partial charge in [0.25, 0.3) is 0 Å². The normalized spacial score (nSPS) is 22.3. The van der Waals surface area contributed by atoms with E-state index in [4.69, 9.17) is 4.74 Å². The average Bonchev–Trinajstić information content (AvgIpc) is 3.24. The van der Waals surface area contributed by atoms with Crippen LogP contribution >= 0.6 is 0 Å². The molecule has 3 heteroatoms. The lowest BCUT2D eigenvalue weighted by Gasteiger charge is -2.13. The molecule has 1 aromatic rings. The van der Waals surface area contributed by atoms with Gasteiger partial charge < -0.3 is 10.1 Å². The number of nitrogens with one attached hydrogen (secondary N) is 1. The molecule has 0 saturated heterocycles. The lowest BCUT2D eigenvalue weighted by Crippen LogP contribution is -2.20. The highest BCUT2D eigenvalue weighted by atomic mass is 16.5. The zero-order valence-corrected chi connectivity index (χ0v) is 12.5. The van der Waals surface area contributed by atoms with Crippen LogP contribution in [0.2, 0.25) is 0 Å². The minimum absolute atomic E-state index is 0.00288. The molecule has 1 aliphatic carbocycles. The van der Waals surface area contributed by atoms with E-state index in [1.165, 1.54) is 5.56 Å². The first-order valence-electron chi connectivity index (χ1n) is 7.67. The van der Waals surface area contributed by atoms with Crippen LogP contribution in [-0.4, -0.2) is 19.1 Å². The quantitative estimate of drug-likeness (QED) is 0.584. The van der Waals surface area contributed by atoms with E-state index in [-0.39, 0.29) is 11.9 Å². The van der Waals surface area contributed by atoms with Gasteiger partial charge in [-0.25, -0.2) is 0 Å². The summed E-state index contributed by atoms with van der Waals surface area (Å²) in [7, 11) is 0. The Morgan fingerprint density at radius 3 is 2.85 bits per heavy atom. The van der Waals surface area contributed by atoms with Gasteiger partial charge in [0.05, 0.1) is 12.5 Å². The summed E-state index contributed by atoms with van der Waals surface area (Å²) in [6.07, 6.45) is 3.27. The molecule has 110 valence electrons. The molecule has 0 bridgehead atoms. The fraction of sp³-hybridized carbons (Fsp3) is 0.588. The molecule has 1 N–H and O–H groups in total. The molecular weight excluding hydrogens is 250 g/mol. The molecule has 0 aliphatic heterocycles. The summed E-state index contributed by atoms with van der Waals surface area (Å²) in [5, 5.41) is 3.54. The highest BCUT2D eigenvalue weighted by Crippen LogP contribution is 2.42. The first-order chi connectivity index (χ1) is 9.72. The van der Waals surface area contributed by atoms with Gasteiger partial charge in [0, 0.05) is 6.04 Å². The molecule has 1 fully saturated rings. The second kappa shape index (κ2) is 7.44. The van der Waals surface area contributed by atoms with E-state index >= 15 is 0 Å². The number of ether oxygens (including phenoxy) is 1. The van der Waals surface area contributed by atoms with Crippen molar-refractivity contribution in [2.45, 2.75) is 39.2 Å². The molecule has 1 aromatic carbocycles. The second-order valence-electron chi connectivity index (χ2n) is 5.58. The Balaban J connectivity index is 1.58. The molecule has 0 aromatic heterocycles. The highest BCUT2D eigenvalue weighted by Gasteiger charge is 2.43. The van der Waals surface area contributed by atoms with Crippen molar-refractivity contribution in [3.8, 4) is 0 Å². The Hall–Kier alpha value is -1.35. The number of benzene rings is 1. The smallest absolute Gasteiger partial charge is 0.309 e. The topological polar surface area (TPSA) is 38.3 Å². The fourth-order valence-corrected chi connectivity index (χ4v) is 2.65. The summed E-state index contributed by atoms with van der Waals surface area (Å²) in [5.41, 5.74) is 1.32. The lowest BCUT2D eigenvalue weighted by molar-refractivity contribution is -0.145. The third-order valence-corrected chi connectivity index (χ3v) is 4.01.